The molecule has 0 radical (unpaired) electrons. The van der Waals surface area contributed by atoms with Crippen LogP contribution in [0.5, 0.6) is 11.5 Å². The Morgan fingerprint density at radius 1 is 1.16 bits per heavy atom. The van der Waals surface area contributed by atoms with Crippen LogP contribution in [0.25, 0.3) is 6.08 Å². The summed E-state index contributed by atoms with van der Waals surface area (Å²) in [6, 6.07) is 4.25. The highest BCUT2D eigenvalue weighted by atomic mass is 32.2. The number of thioether (sulfide) groups is 1. The number of hydrogen-bond acceptors (Lipinski definition) is 10. The van der Waals surface area contributed by atoms with Crippen molar-refractivity contribution in [3.63, 3.8) is 0 Å². The Hall–Kier alpha value is -3.25. The van der Waals surface area contributed by atoms with E-state index in [1.54, 1.807) is 41.1 Å². The summed E-state index contributed by atoms with van der Waals surface area (Å²) in [5.41, 5.74) is 1.29. The smallest absolute Gasteiger partial charge is 0.410 e. The number of imide groups is 1. The molecule has 1 N–H and O–H groups in total. The molecule has 0 aromatic heterocycles. The summed E-state index contributed by atoms with van der Waals surface area (Å²) in [5.74, 6) is 0.854. The van der Waals surface area contributed by atoms with Crippen LogP contribution in [0.1, 0.15) is 32.8 Å². The maximum absolute atomic E-state index is 11.9. The van der Waals surface area contributed by atoms with Gasteiger partial charge < -0.3 is 33.7 Å². The Balaban J connectivity index is 0.000000358. The van der Waals surface area contributed by atoms with Crippen LogP contribution in [0.4, 0.5) is 15.3 Å². The van der Waals surface area contributed by atoms with E-state index in [1.165, 1.54) is 11.9 Å². The molecule has 0 saturated carbocycles. The lowest BCUT2D eigenvalue weighted by Crippen LogP contribution is -2.35. The predicted octanol–water partition coefficient (Wildman–Crippen LogP) is 3.22. The zero-order chi connectivity index (χ0) is 28.6. The first kappa shape index (κ1) is 31.0. The minimum atomic E-state index is -0.506. The van der Waals surface area contributed by atoms with Gasteiger partial charge in [-0.3, -0.25) is 14.9 Å². The van der Waals surface area contributed by atoms with Crippen molar-refractivity contribution in [1.29, 1.82) is 0 Å². The highest BCUT2D eigenvalue weighted by Crippen LogP contribution is 2.39. The van der Waals surface area contributed by atoms with Crippen LogP contribution in [-0.4, -0.2) is 100.0 Å². The summed E-state index contributed by atoms with van der Waals surface area (Å²) in [5, 5.41) is 1.94. The molecular formula is C26H38N4O7S. The van der Waals surface area contributed by atoms with Gasteiger partial charge in [-0.15, -0.1) is 0 Å². The molecule has 0 spiro atoms. The van der Waals surface area contributed by atoms with Gasteiger partial charge in [-0.1, -0.05) is 0 Å². The van der Waals surface area contributed by atoms with Gasteiger partial charge >= 0.3 is 6.09 Å². The molecule has 3 amide bonds. The first-order valence-electron chi connectivity index (χ1n) is 12.1. The van der Waals surface area contributed by atoms with Crippen molar-refractivity contribution in [3.8, 4) is 11.5 Å². The Labute approximate surface area is 228 Å². The lowest BCUT2D eigenvalue weighted by atomic mass is 10.1. The quantitative estimate of drug-likeness (QED) is 0.400. The van der Waals surface area contributed by atoms with Crippen molar-refractivity contribution < 1.29 is 33.4 Å². The number of carbonyl (C=O) groups is 4. The maximum Gasteiger partial charge on any atom is 0.410 e. The van der Waals surface area contributed by atoms with Crippen molar-refractivity contribution in [2.45, 2.75) is 38.8 Å². The van der Waals surface area contributed by atoms with Crippen LogP contribution in [0.15, 0.2) is 17.0 Å². The number of nitrogens with zero attached hydrogens (tertiary/aromatic N) is 3. The number of hydrogen-bond donors (Lipinski definition) is 1. The summed E-state index contributed by atoms with van der Waals surface area (Å²) in [6.45, 7) is 7.19. The van der Waals surface area contributed by atoms with Gasteiger partial charge in [-0.2, -0.15) is 0 Å². The zero-order valence-electron chi connectivity index (χ0n) is 23.3. The van der Waals surface area contributed by atoms with Crippen molar-refractivity contribution in [2.24, 2.45) is 0 Å². The Morgan fingerprint density at radius 3 is 2.26 bits per heavy atom. The third kappa shape index (κ3) is 8.66. The summed E-state index contributed by atoms with van der Waals surface area (Å²) < 4.78 is 15.8. The Kier molecular flexibility index (Phi) is 11.0. The molecule has 2 aliphatic rings. The van der Waals surface area contributed by atoms with Crippen LogP contribution >= 0.6 is 11.8 Å². The molecule has 1 aromatic carbocycles. The Bertz CT molecular complexity index is 1070. The van der Waals surface area contributed by atoms with Crippen LogP contribution in [0.3, 0.4) is 0 Å². The van der Waals surface area contributed by atoms with E-state index in [0.717, 1.165) is 42.5 Å². The van der Waals surface area contributed by atoms with Crippen molar-refractivity contribution >= 4 is 47.1 Å². The third-order valence-corrected chi connectivity index (χ3v) is 6.56. The second-order valence-electron chi connectivity index (χ2n) is 10.00. The van der Waals surface area contributed by atoms with E-state index in [2.05, 4.69) is 29.2 Å². The maximum atomic E-state index is 11.9. The van der Waals surface area contributed by atoms with Gasteiger partial charge in [0.25, 0.3) is 11.1 Å². The van der Waals surface area contributed by atoms with Gasteiger partial charge in [0.05, 0.1) is 25.7 Å². The molecule has 38 heavy (non-hydrogen) atoms. The lowest BCUT2D eigenvalue weighted by Gasteiger charge is -2.24. The molecule has 2 saturated heterocycles. The number of aldehydes is 1. The van der Waals surface area contributed by atoms with Gasteiger partial charge in [0.1, 0.15) is 11.9 Å². The van der Waals surface area contributed by atoms with E-state index in [4.69, 9.17) is 14.2 Å². The fourth-order valence-corrected chi connectivity index (χ4v) is 4.42. The van der Waals surface area contributed by atoms with Crippen molar-refractivity contribution in [1.82, 2.24) is 15.1 Å². The molecule has 3 rings (SSSR count). The first-order chi connectivity index (χ1) is 17.8. The molecule has 2 fully saturated rings. The van der Waals surface area contributed by atoms with Crippen LogP contribution < -0.4 is 19.7 Å². The molecular weight excluding hydrogens is 512 g/mol. The predicted molar refractivity (Wildman–Crippen MR) is 148 cm³/mol. The minimum Gasteiger partial charge on any atom is -0.493 e. The summed E-state index contributed by atoms with van der Waals surface area (Å²) in [4.78, 5) is 50.6. The number of rotatable bonds is 7. The Morgan fingerprint density at radius 2 is 1.79 bits per heavy atom. The zero-order valence-corrected chi connectivity index (χ0v) is 24.1. The summed E-state index contributed by atoms with van der Waals surface area (Å²) in [7, 11) is 8.86. The fraction of sp³-hybridized carbons (Fsp3) is 0.538. The molecule has 1 atom stereocenters. The molecule has 210 valence electrons. The average Bonchev–Trinajstić information content (AvgIpc) is 3.44. The number of carbonyl (C=O) groups excluding carboxylic acids is 4. The standard InChI is InChI=1S/C18H23N3O4S.C8H15NO3/c1-20(2)12-5-6-21(10-12)13-9-15(25-4)14(24-3)7-11(13)8-16-17(22)19-18(23)26-16;1-8(2,3)12-7(11)9(4)5-6-10/h7-9,12H,5-6,10H2,1-4H3,(H,19,22,23);6H,5H2,1-4H3/b16-8-;. The van der Waals surface area contributed by atoms with Crippen LogP contribution in [-0.2, 0) is 14.3 Å². The molecule has 2 aliphatic heterocycles. The molecule has 1 aromatic rings. The number of benzene rings is 1. The van der Waals surface area contributed by atoms with E-state index >= 15 is 0 Å². The second-order valence-corrected chi connectivity index (χ2v) is 11.0. The molecule has 11 nitrogen and oxygen atoms in total. The van der Waals surface area contributed by atoms with E-state index in [1.807, 2.05) is 12.1 Å². The number of amides is 3. The van der Waals surface area contributed by atoms with Crippen molar-refractivity contribution in [3.05, 3.63) is 22.6 Å². The molecule has 0 aliphatic carbocycles. The van der Waals surface area contributed by atoms with E-state index in [-0.39, 0.29) is 17.7 Å². The fourth-order valence-electron chi connectivity index (χ4n) is 3.74. The SMILES string of the molecule is CN(CC=O)C(=O)OC(C)(C)C.COc1cc(/C=C2\SC(=O)NC2=O)c(N2CCC(N(C)C)C2)cc1OC. The van der Waals surface area contributed by atoms with Gasteiger partial charge in [-0.25, -0.2) is 4.79 Å². The van der Waals surface area contributed by atoms with Gasteiger partial charge in [0, 0.05) is 43.5 Å². The van der Waals surface area contributed by atoms with Crippen LogP contribution in [0, 0.1) is 0 Å². The normalized spacial score (nSPS) is 18.2. The minimum absolute atomic E-state index is 0.0644. The van der Waals surface area contributed by atoms with E-state index in [9.17, 15) is 19.2 Å². The number of likely N-dealkylation sites (N-methyl/N-ethyl adjacent to an activating group) is 2. The largest absolute Gasteiger partial charge is 0.493 e. The molecule has 0 bridgehead atoms. The molecule has 1 unspecified atom stereocenters. The monoisotopic (exact) mass is 550 g/mol. The number of methoxy groups -OCH3 is 2. The topological polar surface area (TPSA) is 118 Å². The van der Waals surface area contributed by atoms with Crippen LogP contribution in [0.2, 0.25) is 0 Å². The molecule has 12 heteroatoms. The lowest BCUT2D eigenvalue weighted by molar-refractivity contribution is -0.115. The number of ether oxygens (including phenoxy) is 3. The summed E-state index contributed by atoms with van der Waals surface area (Å²) in [6.07, 6.45) is 2.98. The van der Waals surface area contributed by atoms with Crippen molar-refractivity contribution in [2.75, 3.05) is 59.9 Å². The second kappa shape index (κ2) is 13.5. The average molecular weight is 551 g/mol. The first-order valence-corrected chi connectivity index (χ1v) is 12.9. The number of nitrogens with one attached hydrogen (secondary N) is 1. The van der Waals surface area contributed by atoms with Gasteiger partial charge in [-0.05, 0) is 65.2 Å². The van der Waals surface area contributed by atoms with E-state index in [0.29, 0.717) is 28.7 Å². The highest BCUT2D eigenvalue weighted by Gasteiger charge is 2.29. The molecule has 2 heterocycles. The van der Waals surface area contributed by atoms with Gasteiger partial charge in [0.15, 0.2) is 11.5 Å². The van der Waals surface area contributed by atoms with E-state index < -0.39 is 11.7 Å². The number of anilines is 1. The van der Waals surface area contributed by atoms with Gasteiger partial charge in [0.2, 0.25) is 0 Å². The summed E-state index contributed by atoms with van der Waals surface area (Å²) >= 11 is 0.911. The highest BCUT2D eigenvalue weighted by molar-refractivity contribution is 8.18. The third-order valence-electron chi connectivity index (χ3n) is 5.75.